The normalized spacial score (nSPS) is 22.6. The van der Waals surface area contributed by atoms with Gasteiger partial charge < -0.3 is 14.9 Å². The molecule has 1 aliphatic carbocycles. The van der Waals surface area contributed by atoms with E-state index < -0.39 is 23.7 Å². The third-order valence-corrected chi connectivity index (χ3v) is 6.92. The first-order valence-corrected chi connectivity index (χ1v) is 11.3. The fourth-order valence-electron chi connectivity index (χ4n) is 4.79. The van der Waals surface area contributed by atoms with E-state index >= 15 is 0 Å². The lowest BCUT2D eigenvalue weighted by atomic mass is 10.1. The van der Waals surface area contributed by atoms with E-state index in [1.807, 2.05) is 0 Å². The minimum absolute atomic E-state index is 0.222. The highest BCUT2D eigenvalue weighted by molar-refractivity contribution is 6.32. The highest BCUT2D eigenvalue weighted by Gasteiger charge is 2.42. The third-order valence-electron chi connectivity index (χ3n) is 6.39. The zero-order valence-electron chi connectivity index (χ0n) is 17.7. The molecule has 7 nitrogen and oxygen atoms in total. The lowest BCUT2D eigenvalue weighted by molar-refractivity contribution is 0.0818. The molecule has 2 aliphatic rings. The molecule has 0 bridgehead atoms. The van der Waals surface area contributed by atoms with Crippen molar-refractivity contribution in [2.24, 2.45) is 7.05 Å². The number of hydrogen-bond donors (Lipinski definition) is 2. The van der Waals surface area contributed by atoms with Gasteiger partial charge in [-0.15, -0.1) is 0 Å². The van der Waals surface area contributed by atoms with Crippen LogP contribution >= 0.6 is 23.2 Å². The monoisotopic (exact) mass is 493 g/mol. The second-order valence-corrected chi connectivity index (χ2v) is 9.38. The Morgan fingerprint density at radius 1 is 1.21 bits per heavy atom. The largest absolute Gasteiger partial charge is 0.493 e. The maximum Gasteiger partial charge on any atom is 0.335 e. The van der Waals surface area contributed by atoms with Crippen LogP contribution in [0.5, 0.6) is 11.6 Å². The molecule has 3 atom stereocenters. The number of aliphatic hydroxyl groups excluding tert-OH is 1. The van der Waals surface area contributed by atoms with Crippen molar-refractivity contribution < 1.29 is 19.3 Å². The number of aliphatic hydroxyl groups is 1. The molecule has 0 saturated carbocycles. The Morgan fingerprint density at radius 3 is 2.67 bits per heavy atom. The molecular weight excluding hydrogens is 472 g/mol. The fraction of sp³-hybridized carbons (Fsp3) is 0.348. The Hall–Kier alpha value is -2.52. The maximum atomic E-state index is 14.8. The summed E-state index contributed by atoms with van der Waals surface area (Å²) in [7, 11) is 1.54. The molecule has 1 aliphatic heterocycles. The Balaban J connectivity index is 1.56. The molecule has 174 valence electrons. The number of aromatic nitrogens is 2. The molecule has 0 amide bonds. The minimum Gasteiger partial charge on any atom is -0.493 e. The molecule has 3 aromatic rings. The molecule has 1 fully saturated rings. The van der Waals surface area contributed by atoms with E-state index in [4.69, 9.17) is 27.9 Å². The predicted molar refractivity (Wildman–Crippen MR) is 122 cm³/mol. The summed E-state index contributed by atoms with van der Waals surface area (Å²) >= 11 is 12.6. The van der Waals surface area contributed by atoms with E-state index in [0.29, 0.717) is 47.8 Å². The first-order chi connectivity index (χ1) is 15.7. The van der Waals surface area contributed by atoms with Crippen molar-refractivity contribution in [1.82, 2.24) is 14.0 Å². The van der Waals surface area contributed by atoms with Crippen molar-refractivity contribution in [2.45, 2.75) is 31.1 Å². The van der Waals surface area contributed by atoms with Gasteiger partial charge in [0.25, 0.3) is 0 Å². The van der Waals surface area contributed by atoms with Crippen molar-refractivity contribution in [3.8, 4) is 17.3 Å². The summed E-state index contributed by atoms with van der Waals surface area (Å²) in [4.78, 5) is 14.5. The van der Waals surface area contributed by atoms with Crippen LogP contribution in [0.3, 0.4) is 0 Å². The van der Waals surface area contributed by atoms with Crippen LogP contribution in [0.1, 0.15) is 23.7 Å². The quantitative estimate of drug-likeness (QED) is 0.581. The number of fused-ring (bicyclic) bond motifs is 1. The first kappa shape index (κ1) is 22.3. The third kappa shape index (κ3) is 3.91. The average Bonchev–Trinajstić information content (AvgIpc) is 3.41. The van der Waals surface area contributed by atoms with Gasteiger partial charge in [0.15, 0.2) is 0 Å². The van der Waals surface area contributed by atoms with Crippen LogP contribution in [0, 0.1) is 5.82 Å². The average molecular weight is 494 g/mol. The Bertz CT molecular complexity index is 1290. The van der Waals surface area contributed by atoms with Crippen LogP contribution in [0.15, 0.2) is 41.3 Å². The zero-order chi connectivity index (χ0) is 23.4. The van der Waals surface area contributed by atoms with Gasteiger partial charge in [0.2, 0.25) is 5.88 Å². The lowest BCUT2D eigenvalue weighted by Gasteiger charge is -2.30. The topological polar surface area (TPSA) is 79.9 Å². The summed E-state index contributed by atoms with van der Waals surface area (Å²) in [5, 5.41) is 20.8. The lowest BCUT2D eigenvalue weighted by Crippen LogP contribution is -2.39. The number of imidazole rings is 1. The van der Waals surface area contributed by atoms with E-state index in [9.17, 15) is 19.4 Å². The number of β-amino-alcohol motifs (C(OH)–C–C–N with tert-alkyl or cyclic N) is 1. The Morgan fingerprint density at radius 2 is 2.00 bits per heavy atom. The Kier molecular flexibility index (Phi) is 5.64. The van der Waals surface area contributed by atoms with E-state index in [-0.39, 0.29) is 22.7 Å². The van der Waals surface area contributed by atoms with Gasteiger partial charge in [-0.25, -0.2) is 13.8 Å². The van der Waals surface area contributed by atoms with Crippen LogP contribution in [0.25, 0.3) is 5.69 Å². The van der Waals surface area contributed by atoms with Crippen LogP contribution in [0.4, 0.5) is 4.39 Å². The van der Waals surface area contributed by atoms with Crippen LogP contribution in [-0.2, 0) is 13.5 Å². The minimum atomic E-state index is -0.590. The molecule has 0 spiro atoms. The molecule has 0 radical (unpaired) electrons. The highest BCUT2D eigenvalue weighted by atomic mass is 35.5. The number of halogens is 3. The molecule has 2 heterocycles. The van der Waals surface area contributed by atoms with Crippen molar-refractivity contribution >= 4 is 23.2 Å². The predicted octanol–water partition coefficient (Wildman–Crippen LogP) is 3.44. The van der Waals surface area contributed by atoms with Gasteiger partial charge in [0, 0.05) is 36.8 Å². The number of rotatable bonds is 4. The van der Waals surface area contributed by atoms with Crippen LogP contribution < -0.4 is 10.4 Å². The van der Waals surface area contributed by atoms with Crippen molar-refractivity contribution in [3.05, 3.63) is 74.0 Å². The Labute approximate surface area is 199 Å². The molecule has 1 saturated heterocycles. The molecule has 33 heavy (non-hydrogen) atoms. The number of benzene rings is 2. The van der Waals surface area contributed by atoms with Crippen molar-refractivity contribution in [1.29, 1.82) is 0 Å². The number of aryl methyl sites for hydroxylation is 1. The zero-order valence-corrected chi connectivity index (χ0v) is 19.2. The van der Waals surface area contributed by atoms with Gasteiger partial charge >= 0.3 is 5.69 Å². The summed E-state index contributed by atoms with van der Waals surface area (Å²) in [5.74, 6) is -0.332. The van der Waals surface area contributed by atoms with E-state index in [0.717, 1.165) is 4.57 Å². The summed E-state index contributed by atoms with van der Waals surface area (Å²) in [6.07, 6.45) is 1.32. The molecule has 2 aromatic carbocycles. The van der Waals surface area contributed by atoms with Gasteiger partial charge in [-0.05, 0) is 42.7 Å². The maximum absolute atomic E-state index is 14.8. The SMILES string of the molecule is Cn1cc(O)n(-c2ccc(Cl)c(O[C@H]3c4cc(Cl)cc(F)c4C[C@@H]3N3CC[C@@H](O)C3)c2)c1=O. The summed E-state index contributed by atoms with van der Waals surface area (Å²) in [5.41, 5.74) is 1.11. The van der Waals surface area contributed by atoms with Crippen LogP contribution in [-0.4, -0.2) is 49.5 Å². The number of hydrogen-bond acceptors (Lipinski definition) is 5. The van der Waals surface area contributed by atoms with Crippen LogP contribution in [0.2, 0.25) is 10.0 Å². The number of ether oxygens (including phenoxy) is 1. The van der Waals surface area contributed by atoms with Gasteiger partial charge in [-0.3, -0.25) is 9.47 Å². The van der Waals surface area contributed by atoms with E-state index in [1.54, 1.807) is 24.3 Å². The van der Waals surface area contributed by atoms with E-state index in [2.05, 4.69) is 4.90 Å². The van der Waals surface area contributed by atoms with Gasteiger partial charge in [-0.2, -0.15) is 0 Å². The molecular formula is C23H22Cl2FN3O4. The number of aromatic hydroxyl groups is 1. The van der Waals surface area contributed by atoms with E-state index in [1.165, 1.54) is 23.9 Å². The summed E-state index contributed by atoms with van der Waals surface area (Å²) < 4.78 is 23.5. The first-order valence-electron chi connectivity index (χ1n) is 10.6. The molecule has 10 heteroatoms. The number of nitrogens with zero attached hydrogens (tertiary/aromatic N) is 3. The smallest absolute Gasteiger partial charge is 0.335 e. The molecule has 2 N–H and O–H groups in total. The van der Waals surface area contributed by atoms with Crippen molar-refractivity contribution in [3.63, 3.8) is 0 Å². The second kappa shape index (κ2) is 8.36. The standard InChI is InChI=1S/C23H22Cl2FN3O4/c1-27-11-21(31)29(23(27)32)13-2-3-17(25)20(8-13)33-22-16-6-12(24)7-18(26)15(16)9-19(22)28-5-4-14(30)10-28/h2-3,6-8,11,14,19,22,30-31H,4-5,9-10H2,1H3/t14-,19+,22+/m1/s1. The second-order valence-electron chi connectivity index (χ2n) is 8.53. The van der Waals surface area contributed by atoms with Gasteiger partial charge in [-0.1, -0.05) is 23.2 Å². The summed E-state index contributed by atoms with van der Waals surface area (Å²) in [6, 6.07) is 7.51. The molecule has 5 rings (SSSR count). The van der Waals surface area contributed by atoms with Gasteiger partial charge in [0.05, 0.1) is 29.1 Å². The number of likely N-dealkylation sites (tertiary alicyclic amines) is 1. The molecule has 0 unspecified atom stereocenters. The molecule has 1 aromatic heterocycles. The fourth-order valence-corrected chi connectivity index (χ4v) is 5.17. The summed E-state index contributed by atoms with van der Waals surface area (Å²) in [6.45, 7) is 1.13. The highest BCUT2D eigenvalue weighted by Crippen LogP contribution is 2.43. The van der Waals surface area contributed by atoms with Gasteiger partial charge in [0.1, 0.15) is 17.7 Å². The van der Waals surface area contributed by atoms with Crippen molar-refractivity contribution in [2.75, 3.05) is 13.1 Å².